The Morgan fingerprint density at radius 2 is 1.59 bits per heavy atom. The highest BCUT2D eigenvalue weighted by Crippen LogP contribution is 2.26. The van der Waals surface area contributed by atoms with Gasteiger partial charge in [0.15, 0.2) is 0 Å². The molecular weight excluding hydrogens is 420 g/mol. The zero-order valence-corrected chi connectivity index (χ0v) is 19.8. The summed E-state index contributed by atoms with van der Waals surface area (Å²) in [4.78, 5) is 4.88. The van der Waals surface area contributed by atoms with Crippen LogP contribution >= 0.6 is 0 Å². The van der Waals surface area contributed by atoms with Gasteiger partial charge in [0.25, 0.3) is 0 Å². The van der Waals surface area contributed by atoms with Crippen LogP contribution in [0.15, 0.2) is 84.9 Å². The number of hydrogen-bond acceptors (Lipinski definition) is 3. The van der Waals surface area contributed by atoms with Gasteiger partial charge in [0, 0.05) is 11.9 Å². The Morgan fingerprint density at radius 3 is 2.50 bits per heavy atom. The molecule has 0 fully saturated rings. The second kappa shape index (κ2) is 10.0. The lowest BCUT2D eigenvalue weighted by Gasteiger charge is -2.12. The van der Waals surface area contributed by atoms with E-state index in [-0.39, 0.29) is 0 Å². The van der Waals surface area contributed by atoms with Crippen molar-refractivity contribution in [2.45, 2.75) is 39.8 Å². The van der Waals surface area contributed by atoms with Gasteiger partial charge < -0.3 is 14.0 Å². The fourth-order valence-corrected chi connectivity index (χ4v) is 4.31. The standard InChI is InChI=1S/C30H30N2O2/c1-22-16-17-25(20-23(22)2)33-19-8-7-18-32-28-14-6-5-13-27(28)31-30(32)21-34-29-15-9-11-24-10-3-4-12-26(24)29/h3-6,9-17,20H,7-8,18-19,21H2,1-2H3. The molecular formula is C30H30N2O2. The van der Waals surface area contributed by atoms with E-state index in [1.54, 1.807) is 0 Å². The van der Waals surface area contributed by atoms with Gasteiger partial charge >= 0.3 is 0 Å². The molecule has 4 nitrogen and oxygen atoms in total. The topological polar surface area (TPSA) is 36.3 Å². The van der Waals surface area contributed by atoms with Crippen LogP contribution in [0.2, 0.25) is 0 Å². The first kappa shape index (κ1) is 22.0. The fraction of sp³-hybridized carbons (Fsp3) is 0.233. The minimum absolute atomic E-state index is 0.432. The first-order chi connectivity index (χ1) is 16.7. The number of unbranched alkanes of at least 4 members (excludes halogenated alkanes) is 1. The largest absolute Gasteiger partial charge is 0.494 e. The molecule has 0 amide bonds. The minimum Gasteiger partial charge on any atom is -0.494 e. The summed E-state index contributed by atoms with van der Waals surface area (Å²) in [6, 6.07) is 29.1. The van der Waals surface area contributed by atoms with Crippen LogP contribution in [-0.2, 0) is 13.2 Å². The molecule has 4 aromatic carbocycles. The van der Waals surface area contributed by atoms with Crippen molar-refractivity contribution in [1.82, 2.24) is 9.55 Å². The van der Waals surface area contributed by atoms with Crippen LogP contribution in [0.25, 0.3) is 21.8 Å². The molecule has 0 aliphatic carbocycles. The molecule has 1 aromatic heterocycles. The van der Waals surface area contributed by atoms with Crippen molar-refractivity contribution in [3.8, 4) is 11.5 Å². The molecule has 0 bridgehead atoms. The summed E-state index contributed by atoms with van der Waals surface area (Å²) < 4.78 is 14.5. The maximum absolute atomic E-state index is 6.27. The van der Waals surface area contributed by atoms with Crippen molar-refractivity contribution in [2.24, 2.45) is 0 Å². The molecule has 0 saturated carbocycles. The van der Waals surface area contributed by atoms with E-state index in [0.717, 1.165) is 53.1 Å². The van der Waals surface area contributed by atoms with Gasteiger partial charge in [-0.1, -0.05) is 54.6 Å². The van der Waals surface area contributed by atoms with Gasteiger partial charge in [-0.25, -0.2) is 4.98 Å². The molecule has 1 heterocycles. The number of fused-ring (bicyclic) bond motifs is 2. The van der Waals surface area contributed by atoms with Gasteiger partial charge in [-0.2, -0.15) is 0 Å². The molecule has 0 aliphatic heterocycles. The predicted molar refractivity (Wildman–Crippen MR) is 139 cm³/mol. The molecule has 0 aliphatic rings. The molecule has 172 valence electrons. The van der Waals surface area contributed by atoms with Crippen molar-refractivity contribution >= 4 is 21.8 Å². The van der Waals surface area contributed by atoms with Crippen LogP contribution < -0.4 is 9.47 Å². The fourth-order valence-electron chi connectivity index (χ4n) is 4.31. The number of rotatable bonds is 9. The first-order valence-corrected chi connectivity index (χ1v) is 11.9. The third-order valence-electron chi connectivity index (χ3n) is 6.36. The number of para-hydroxylation sites is 2. The Balaban J connectivity index is 1.26. The van der Waals surface area contributed by atoms with Crippen LogP contribution in [-0.4, -0.2) is 16.2 Å². The minimum atomic E-state index is 0.432. The summed E-state index contributed by atoms with van der Waals surface area (Å²) >= 11 is 0. The Labute approximate surface area is 200 Å². The third kappa shape index (κ3) is 4.76. The van der Waals surface area contributed by atoms with Crippen molar-refractivity contribution in [3.05, 3.63) is 102 Å². The van der Waals surface area contributed by atoms with Crippen LogP contribution in [0, 0.1) is 13.8 Å². The molecule has 0 atom stereocenters. The SMILES string of the molecule is Cc1ccc(OCCCCn2c(COc3cccc4ccccc34)nc3ccccc32)cc1C. The van der Waals surface area contributed by atoms with Gasteiger partial charge in [-0.3, -0.25) is 0 Å². The van der Waals surface area contributed by atoms with Crippen molar-refractivity contribution in [3.63, 3.8) is 0 Å². The Bertz CT molecular complexity index is 1420. The number of imidazole rings is 1. The zero-order valence-electron chi connectivity index (χ0n) is 19.8. The van der Waals surface area contributed by atoms with Gasteiger partial charge in [-0.15, -0.1) is 0 Å². The van der Waals surface area contributed by atoms with E-state index in [0.29, 0.717) is 13.2 Å². The number of benzene rings is 4. The maximum atomic E-state index is 6.27. The number of aryl methyl sites for hydroxylation is 3. The van der Waals surface area contributed by atoms with E-state index >= 15 is 0 Å². The Hall–Kier alpha value is -3.79. The number of nitrogens with zero attached hydrogens (tertiary/aromatic N) is 2. The van der Waals surface area contributed by atoms with Crippen molar-refractivity contribution in [1.29, 1.82) is 0 Å². The molecule has 4 heteroatoms. The van der Waals surface area contributed by atoms with Gasteiger partial charge in [0.05, 0.1) is 17.6 Å². The summed E-state index contributed by atoms with van der Waals surface area (Å²) in [5.41, 5.74) is 4.70. The molecule has 5 rings (SSSR count). The molecule has 0 N–H and O–H groups in total. The van der Waals surface area contributed by atoms with Crippen molar-refractivity contribution < 1.29 is 9.47 Å². The van der Waals surface area contributed by atoms with Gasteiger partial charge in [0.1, 0.15) is 23.9 Å². The number of aromatic nitrogens is 2. The van der Waals surface area contributed by atoms with E-state index in [1.807, 2.05) is 24.3 Å². The molecule has 0 radical (unpaired) electrons. The average molecular weight is 451 g/mol. The second-order valence-electron chi connectivity index (χ2n) is 8.74. The predicted octanol–water partition coefficient (Wildman–Crippen LogP) is 7.24. The van der Waals surface area contributed by atoms with Crippen molar-refractivity contribution in [2.75, 3.05) is 6.61 Å². The highest BCUT2D eigenvalue weighted by molar-refractivity contribution is 5.88. The quantitative estimate of drug-likeness (QED) is 0.222. The lowest BCUT2D eigenvalue weighted by molar-refractivity contribution is 0.287. The third-order valence-corrected chi connectivity index (χ3v) is 6.36. The van der Waals surface area contributed by atoms with E-state index in [2.05, 4.69) is 79.1 Å². The maximum Gasteiger partial charge on any atom is 0.147 e. The monoisotopic (exact) mass is 450 g/mol. The Morgan fingerprint density at radius 1 is 0.765 bits per heavy atom. The van der Waals surface area contributed by atoms with E-state index in [4.69, 9.17) is 14.5 Å². The van der Waals surface area contributed by atoms with Gasteiger partial charge in [-0.05, 0) is 73.5 Å². The molecule has 0 spiro atoms. The van der Waals surface area contributed by atoms with E-state index in [1.165, 1.54) is 16.5 Å². The summed E-state index contributed by atoms with van der Waals surface area (Å²) in [7, 11) is 0. The van der Waals surface area contributed by atoms with Gasteiger partial charge in [0.2, 0.25) is 0 Å². The van der Waals surface area contributed by atoms with Crippen LogP contribution in [0.3, 0.4) is 0 Å². The van der Waals surface area contributed by atoms with E-state index < -0.39 is 0 Å². The summed E-state index contributed by atoms with van der Waals surface area (Å²) in [6.45, 7) is 6.26. The summed E-state index contributed by atoms with van der Waals surface area (Å²) in [5.74, 6) is 2.78. The molecule has 5 aromatic rings. The summed E-state index contributed by atoms with van der Waals surface area (Å²) in [6.07, 6.45) is 1.98. The number of ether oxygens (including phenoxy) is 2. The lowest BCUT2D eigenvalue weighted by Crippen LogP contribution is -2.09. The average Bonchev–Trinajstić information content (AvgIpc) is 3.22. The number of hydrogen-bond donors (Lipinski definition) is 0. The Kier molecular flexibility index (Phi) is 6.48. The highest BCUT2D eigenvalue weighted by Gasteiger charge is 2.12. The molecule has 0 unspecified atom stereocenters. The first-order valence-electron chi connectivity index (χ1n) is 11.9. The van der Waals surface area contributed by atoms with Crippen LogP contribution in [0.1, 0.15) is 29.8 Å². The van der Waals surface area contributed by atoms with E-state index in [9.17, 15) is 0 Å². The molecule has 34 heavy (non-hydrogen) atoms. The zero-order chi connectivity index (χ0) is 23.3. The molecule has 0 saturated heterocycles. The lowest BCUT2D eigenvalue weighted by atomic mass is 10.1. The van der Waals surface area contributed by atoms with Crippen LogP contribution in [0.4, 0.5) is 0 Å². The summed E-state index contributed by atoms with van der Waals surface area (Å²) in [5, 5.41) is 2.30. The smallest absolute Gasteiger partial charge is 0.147 e. The second-order valence-corrected chi connectivity index (χ2v) is 8.74. The van der Waals surface area contributed by atoms with Crippen LogP contribution in [0.5, 0.6) is 11.5 Å². The normalized spacial score (nSPS) is 11.2. The highest BCUT2D eigenvalue weighted by atomic mass is 16.5.